The molecule has 0 spiro atoms. The lowest BCUT2D eigenvalue weighted by molar-refractivity contribution is -0.138. The lowest BCUT2D eigenvalue weighted by atomic mass is 9.95. The quantitative estimate of drug-likeness (QED) is 0.748. The van der Waals surface area contributed by atoms with Crippen molar-refractivity contribution in [2.45, 2.75) is 64.0 Å². The van der Waals surface area contributed by atoms with Gasteiger partial charge in [-0.2, -0.15) is 0 Å². The average molecular weight is 357 g/mol. The minimum atomic E-state index is -0.717. The second-order valence-electron chi connectivity index (χ2n) is 7.78. The second-order valence-corrected chi connectivity index (χ2v) is 7.78. The van der Waals surface area contributed by atoms with Crippen LogP contribution < -0.4 is 10.6 Å². The van der Waals surface area contributed by atoms with Gasteiger partial charge < -0.3 is 15.5 Å². The number of benzene rings is 1. The van der Waals surface area contributed by atoms with Gasteiger partial charge in [0.1, 0.15) is 5.54 Å². The summed E-state index contributed by atoms with van der Waals surface area (Å²) < 4.78 is 0. The molecule has 2 fully saturated rings. The summed E-state index contributed by atoms with van der Waals surface area (Å²) in [6.45, 7) is 4.21. The molecule has 5 heteroatoms. The van der Waals surface area contributed by atoms with Crippen LogP contribution in [0.25, 0.3) is 0 Å². The molecule has 0 bridgehead atoms. The Morgan fingerprint density at radius 3 is 2.46 bits per heavy atom. The van der Waals surface area contributed by atoms with Crippen LogP contribution in [0.3, 0.4) is 0 Å². The van der Waals surface area contributed by atoms with Crippen molar-refractivity contribution in [3.63, 3.8) is 0 Å². The summed E-state index contributed by atoms with van der Waals surface area (Å²) in [5.41, 5.74) is 0.334. The van der Waals surface area contributed by atoms with E-state index in [1.165, 1.54) is 12.8 Å². The molecular weight excluding hydrogens is 326 g/mol. The van der Waals surface area contributed by atoms with Crippen LogP contribution in [0.4, 0.5) is 4.79 Å². The number of rotatable bonds is 8. The Bertz CT molecular complexity index is 607. The standard InChI is InChI=1S/C21H31N3O2/c1-2-14-24(16-18-10-11-18)19(25)21(12-6-7-13-21)23-20(26)22-15-17-8-4-3-5-9-17/h3-5,8-9,18H,2,6-7,10-16H2,1H3,(H2,22,23,26). The van der Waals surface area contributed by atoms with E-state index in [1.807, 2.05) is 35.2 Å². The smallest absolute Gasteiger partial charge is 0.315 e. The maximum Gasteiger partial charge on any atom is 0.315 e. The SMILES string of the molecule is CCCN(CC1CC1)C(=O)C1(NC(=O)NCc2ccccc2)CCCC1. The Morgan fingerprint density at radius 2 is 1.85 bits per heavy atom. The summed E-state index contributed by atoms with van der Waals surface area (Å²) in [7, 11) is 0. The van der Waals surface area contributed by atoms with Gasteiger partial charge in [0.05, 0.1) is 0 Å². The molecule has 1 aromatic rings. The third-order valence-corrected chi connectivity index (χ3v) is 5.47. The Balaban J connectivity index is 1.62. The highest BCUT2D eigenvalue weighted by atomic mass is 16.2. The third-order valence-electron chi connectivity index (χ3n) is 5.47. The number of hydrogen-bond acceptors (Lipinski definition) is 2. The van der Waals surface area contributed by atoms with Gasteiger partial charge >= 0.3 is 6.03 Å². The highest BCUT2D eigenvalue weighted by Gasteiger charge is 2.45. The maximum atomic E-state index is 13.3. The number of amides is 3. The van der Waals surface area contributed by atoms with E-state index in [-0.39, 0.29) is 11.9 Å². The Labute approximate surface area is 156 Å². The molecule has 0 saturated heterocycles. The summed E-state index contributed by atoms with van der Waals surface area (Å²) in [6.07, 6.45) is 6.89. The second kappa shape index (κ2) is 8.56. The summed E-state index contributed by atoms with van der Waals surface area (Å²) >= 11 is 0. The van der Waals surface area contributed by atoms with E-state index in [9.17, 15) is 9.59 Å². The van der Waals surface area contributed by atoms with Crippen LogP contribution in [0, 0.1) is 5.92 Å². The Hall–Kier alpha value is -2.04. The molecule has 2 saturated carbocycles. The molecule has 0 unspecified atom stereocenters. The molecule has 26 heavy (non-hydrogen) atoms. The number of urea groups is 1. The minimum Gasteiger partial charge on any atom is -0.340 e. The molecule has 3 amide bonds. The molecule has 3 rings (SSSR count). The van der Waals surface area contributed by atoms with Crippen LogP contribution in [0.1, 0.15) is 57.4 Å². The van der Waals surface area contributed by atoms with Crippen LogP contribution in [0.15, 0.2) is 30.3 Å². The van der Waals surface area contributed by atoms with Gasteiger partial charge in [0, 0.05) is 19.6 Å². The Morgan fingerprint density at radius 1 is 1.15 bits per heavy atom. The zero-order valence-corrected chi connectivity index (χ0v) is 15.8. The summed E-state index contributed by atoms with van der Waals surface area (Å²) in [5.74, 6) is 0.787. The zero-order valence-electron chi connectivity index (χ0n) is 15.8. The van der Waals surface area contributed by atoms with Crippen LogP contribution in [0.5, 0.6) is 0 Å². The number of nitrogens with one attached hydrogen (secondary N) is 2. The molecule has 142 valence electrons. The monoisotopic (exact) mass is 357 g/mol. The molecule has 2 N–H and O–H groups in total. The van der Waals surface area contributed by atoms with Crippen molar-refractivity contribution >= 4 is 11.9 Å². The normalized spacial score (nSPS) is 18.3. The first-order valence-electron chi connectivity index (χ1n) is 10.0. The van der Waals surface area contributed by atoms with E-state index in [1.54, 1.807) is 0 Å². The van der Waals surface area contributed by atoms with Crippen LogP contribution in [-0.4, -0.2) is 35.5 Å². The van der Waals surface area contributed by atoms with E-state index in [4.69, 9.17) is 0 Å². The largest absolute Gasteiger partial charge is 0.340 e. The van der Waals surface area contributed by atoms with Gasteiger partial charge in [-0.05, 0) is 43.6 Å². The van der Waals surface area contributed by atoms with Crippen molar-refractivity contribution in [3.8, 4) is 0 Å². The summed E-state index contributed by atoms with van der Waals surface area (Å²) in [4.78, 5) is 27.8. The fourth-order valence-corrected chi connectivity index (χ4v) is 3.87. The van der Waals surface area contributed by atoms with Crippen molar-refractivity contribution in [1.29, 1.82) is 0 Å². The molecule has 0 heterocycles. The first-order valence-corrected chi connectivity index (χ1v) is 10.0. The predicted octanol–water partition coefficient (Wildman–Crippen LogP) is 3.45. The highest BCUT2D eigenvalue weighted by Crippen LogP contribution is 2.34. The molecular formula is C21H31N3O2. The molecule has 2 aliphatic carbocycles. The van der Waals surface area contributed by atoms with Crippen molar-refractivity contribution in [2.24, 2.45) is 5.92 Å². The number of hydrogen-bond donors (Lipinski definition) is 2. The van der Waals surface area contributed by atoms with E-state index >= 15 is 0 Å². The molecule has 0 aliphatic heterocycles. The molecule has 0 aromatic heterocycles. The first kappa shape index (κ1) is 18.7. The van der Waals surface area contributed by atoms with E-state index in [2.05, 4.69) is 17.6 Å². The van der Waals surface area contributed by atoms with E-state index in [0.29, 0.717) is 12.5 Å². The van der Waals surface area contributed by atoms with Gasteiger partial charge in [-0.1, -0.05) is 50.1 Å². The summed E-state index contributed by atoms with van der Waals surface area (Å²) in [6, 6.07) is 9.59. The van der Waals surface area contributed by atoms with Crippen LogP contribution in [-0.2, 0) is 11.3 Å². The first-order chi connectivity index (χ1) is 12.6. The van der Waals surface area contributed by atoms with E-state index in [0.717, 1.165) is 50.8 Å². The number of carbonyl (C=O) groups excluding carboxylic acids is 2. The Kier molecular flexibility index (Phi) is 6.17. The highest BCUT2D eigenvalue weighted by molar-refractivity contribution is 5.91. The van der Waals surface area contributed by atoms with Crippen molar-refractivity contribution in [2.75, 3.05) is 13.1 Å². The molecule has 0 radical (unpaired) electrons. The van der Waals surface area contributed by atoms with Crippen molar-refractivity contribution in [3.05, 3.63) is 35.9 Å². The van der Waals surface area contributed by atoms with Gasteiger partial charge in [-0.15, -0.1) is 0 Å². The topological polar surface area (TPSA) is 61.4 Å². The van der Waals surface area contributed by atoms with Crippen LogP contribution >= 0.6 is 0 Å². The van der Waals surface area contributed by atoms with Gasteiger partial charge in [0.2, 0.25) is 5.91 Å². The van der Waals surface area contributed by atoms with Crippen molar-refractivity contribution < 1.29 is 9.59 Å². The average Bonchev–Trinajstić information content (AvgIpc) is 3.35. The van der Waals surface area contributed by atoms with Gasteiger partial charge in [-0.3, -0.25) is 4.79 Å². The molecule has 2 aliphatic rings. The van der Waals surface area contributed by atoms with Gasteiger partial charge in [0.25, 0.3) is 0 Å². The number of nitrogens with zero attached hydrogens (tertiary/aromatic N) is 1. The minimum absolute atomic E-state index is 0.124. The zero-order chi connectivity index (χ0) is 18.4. The van der Waals surface area contributed by atoms with Gasteiger partial charge in [-0.25, -0.2) is 4.79 Å². The van der Waals surface area contributed by atoms with Gasteiger partial charge in [0.15, 0.2) is 0 Å². The lowest BCUT2D eigenvalue weighted by Gasteiger charge is -2.35. The fourth-order valence-electron chi connectivity index (χ4n) is 3.87. The molecule has 1 aromatic carbocycles. The number of carbonyl (C=O) groups is 2. The molecule has 0 atom stereocenters. The maximum absolute atomic E-state index is 13.3. The lowest BCUT2D eigenvalue weighted by Crippen LogP contribution is -2.60. The van der Waals surface area contributed by atoms with E-state index < -0.39 is 5.54 Å². The third kappa shape index (κ3) is 4.77. The molecule has 5 nitrogen and oxygen atoms in total. The van der Waals surface area contributed by atoms with Crippen molar-refractivity contribution in [1.82, 2.24) is 15.5 Å². The predicted molar refractivity (Wildman–Crippen MR) is 103 cm³/mol. The van der Waals surface area contributed by atoms with Crippen LogP contribution in [0.2, 0.25) is 0 Å². The fraction of sp³-hybridized carbons (Fsp3) is 0.619. The summed E-state index contributed by atoms with van der Waals surface area (Å²) in [5, 5.41) is 5.96.